The highest BCUT2D eigenvalue weighted by molar-refractivity contribution is 6.09. The van der Waals surface area contributed by atoms with Gasteiger partial charge in [-0.15, -0.1) is 0 Å². The third-order valence-corrected chi connectivity index (χ3v) is 5.08. The van der Waals surface area contributed by atoms with Gasteiger partial charge in [0.15, 0.2) is 5.78 Å². The van der Waals surface area contributed by atoms with Crippen molar-refractivity contribution in [3.8, 4) is 5.75 Å². The lowest BCUT2D eigenvalue weighted by molar-refractivity contribution is 0.102. The average molecular weight is 446 g/mol. The highest BCUT2D eigenvalue weighted by Gasteiger charge is 2.21. The fourth-order valence-electron chi connectivity index (χ4n) is 2.99. The van der Waals surface area contributed by atoms with E-state index in [4.69, 9.17) is 4.42 Å². The quantitative estimate of drug-likeness (QED) is 0.183. The fraction of sp³-hybridized carbons (Fsp3) is 0.480. The van der Waals surface area contributed by atoms with E-state index in [1.165, 1.54) is 19.4 Å². The van der Waals surface area contributed by atoms with Gasteiger partial charge in [0, 0.05) is 18.2 Å². The first-order valence-corrected chi connectivity index (χ1v) is 11.0. The van der Waals surface area contributed by atoms with Gasteiger partial charge >= 0.3 is 11.7 Å². The number of unbranched alkanes of at least 4 members (excludes halogenated alkanes) is 2. The van der Waals surface area contributed by atoms with Crippen LogP contribution < -0.4 is 10.9 Å². The molecule has 0 saturated heterocycles. The van der Waals surface area contributed by atoms with E-state index in [0.717, 1.165) is 31.3 Å². The molecule has 1 rings (SSSR count). The molecule has 32 heavy (non-hydrogen) atoms. The number of carbonyl (C=O) groups excluding carboxylic acids is 2. The molecule has 1 aromatic heterocycles. The van der Waals surface area contributed by atoms with Crippen molar-refractivity contribution in [2.45, 2.75) is 72.1 Å². The normalized spacial score (nSPS) is 13.3. The van der Waals surface area contributed by atoms with Gasteiger partial charge in [0.2, 0.25) is 0 Å². The molecular weight excluding hydrogens is 410 g/mol. The monoisotopic (exact) mass is 445 g/mol. The van der Waals surface area contributed by atoms with Crippen molar-refractivity contribution in [1.82, 2.24) is 5.32 Å². The lowest BCUT2D eigenvalue weighted by atomic mass is 9.99. The van der Waals surface area contributed by atoms with E-state index in [1.807, 2.05) is 19.9 Å². The van der Waals surface area contributed by atoms with E-state index >= 15 is 0 Å². The SMILES string of the molecule is CCCCC/C(C)=C\C=C(/C)C(=O)c1c(O)cc([C@H](C)CC/C=C/NC(=O)OC)oc1=O. The second-order valence-electron chi connectivity index (χ2n) is 7.86. The molecule has 2 N–H and O–H groups in total. The topological polar surface area (TPSA) is 106 Å². The van der Waals surface area contributed by atoms with Crippen LogP contribution in [0.1, 0.15) is 88.3 Å². The summed E-state index contributed by atoms with van der Waals surface area (Å²) < 4.78 is 9.79. The summed E-state index contributed by atoms with van der Waals surface area (Å²) in [6, 6.07) is 1.33. The van der Waals surface area contributed by atoms with Gasteiger partial charge in [-0.05, 0) is 45.1 Å². The summed E-state index contributed by atoms with van der Waals surface area (Å²) in [5, 5.41) is 12.8. The summed E-state index contributed by atoms with van der Waals surface area (Å²) in [4.78, 5) is 36.1. The van der Waals surface area contributed by atoms with E-state index in [0.29, 0.717) is 24.2 Å². The van der Waals surface area contributed by atoms with Crippen molar-refractivity contribution in [3.63, 3.8) is 0 Å². The maximum absolute atomic E-state index is 12.7. The third kappa shape index (κ3) is 8.96. The summed E-state index contributed by atoms with van der Waals surface area (Å²) in [5.41, 5.74) is 0.304. The predicted octanol–water partition coefficient (Wildman–Crippen LogP) is 5.75. The van der Waals surface area contributed by atoms with Crippen LogP contribution in [0, 0.1) is 0 Å². The van der Waals surface area contributed by atoms with Crippen molar-refractivity contribution in [2.24, 2.45) is 0 Å². The second-order valence-corrected chi connectivity index (χ2v) is 7.86. The summed E-state index contributed by atoms with van der Waals surface area (Å²) in [6.45, 7) is 7.61. The Morgan fingerprint density at radius 3 is 2.59 bits per heavy atom. The van der Waals surface area contributed by atoms with Gasteiger partial charge in [0.05, 0.1) is 7.11 Å². The Morgan fingerprint density at radius 2 is 1.97 bits per heavy atom. The van der Waals surface area contributed by atoms with Crippen LogP contribution in [0.4, 0.5) is 4.79 Å². The Balaban J connectivity index is 2.85. The van der Waals surface area contributed by atoms with Gasteiger partial charge in [0.1, 0.15) is 17.1 Å². The number of hydrogen-bond acceptors (Lipinski definition) is 6. The number of methoxy groups -OCH3 is 1. The average Bonchev–Trinajstić information content (AvgIpc) is 2.76. The number of alkyl carbamates (subject to hydrolysis) is 1. The minimum atomic E-state index is -0.851. The van der Waals surface area contributed by atoms with Crippen LogP contribution in [0.25, 0.3) is 0 Å². The number of ether oxygens (including phenoxy) is 1. The van der Waals surface area contributed by atoms with Crippen LogP contribution in [0.15, 0.2) is 50.9 Å². The largest absolute Gasteiger partial charge is 0.507 e. The molecule has 0 unspecified atom stereocenters. The molecule has 0 aliphatic rings. The van der Waals surface area contributed by atoms with Gasteiger partial charge in [-0.2, -0.15) is 0 Å². The van der Waals surface area contributed by atoms with Gasteiger partial charge < -0.3 is 14.3 Å². The summed E-state index contributed by atoms with van der Waals surface area (Å²) >= 11 is 0. The highest BCUT2D eigenvalue weighted by atomic mass is 16.5. The van der Waals surface area contributed by atoms with Gasteiger partial charge in [-0.25, -0.2) is 9.59 Å². The zero-order chi connectivity index (χ0) is 24.1. The first-order chi connectivity index (χ1) is 15.2. The first-order valence-electron chi connectivity index (χ1n) is 11.0. The van der Waals surface area contributed by atoms with Crippen LogP contribution in [-0.2, 0) is 4.74 Å². The van der Waals surface area contributed by atoms with E-state index in [-0.39, 0.29) is 17.2 Å². The molecule has 7 heteroatoms. The molecular formula is C25H35NO6. The molecule has 0 fully saturated rings. The van der Waals surface area contributed by atoms with Gasteiger partial charge in [-0.3, -0.25) is 10.1 Å². The number of hydrogen-bond donors (Lipinski definition) is 2. The third-order valence-electron chi connectivity index (χ3n) is 5.08. The number of amides is 1. The summed E-state index contributed by atoms with van der Waals surface area (Å²) in [7, 11) is 1.28. The molecule has 0 aliphatic carbocycles. The Bertz CT molecular complexity index is 923. The molecule has 0 saturated carbocycles. The Labute approximate surface area is 189 Å². The molecule has 7 nitrogen and oxygen atoms in total. The molecule has 1 amide bonds. The number of nitrogens with one attached hydrogen (secondary N) is 1. The van der Waals surface area contributed by atoms with E-state index < -0.39 is 17.5 Å². The number of allylic oxidation sites excluding steroid dienone is 5. The molecule has 1 aromatic rings. The molecule has 0 radical (unpaired) electrons. The van der Waals surface area contributed by atoms with Crippen LogP contribution in [0.2, 0.25) is 0 Å². The van der Waals surface area contributed by atoms with Crippen molar-refractivity contribution in [2.75, 3.05) is 7.11 Å². The predicted molar refractivity (Wildman–Crippen MR) is 125 cm³/mol. The Kier molecular flexibility index (Phi) is 11.8. The van der Waals surface area contributed by atoms with Crippen LogP contribution in [-0.4, -0.2) is 24.1 Å². The van der Waals surface area contributed by atoms with Crippen molar-refractivity contribution in [1.29, 1.82) is 0 Å². The maximum Gasteiger partial charge on any atom is 0.410 e. The number of rotatable bonds is 12. The molecule has 1 atom stereocenters. The Morgan fingerprint density at radius 1 is 1.25 bits per heavy atom. The molecule has 0 aliphatic heterocycles. The van der Waals surface area contributed by atoms with Crippen LogP contribution in [0.5, 0.6) is 5.75 Å². The highest BCUT2D eigenvalue weighted by Crippen LogP contribution is 2.26. The molecule has 1 heterocycles. The van der Waals surface area contributed by atoms with Crippen LogP contribution in [0.3, 0.4) is 0 Å². The smallest absolute Gasteiger partial charge is 0.410 e. The second kappa shape index (κ2) is 14.1. The molecule has 0 spiro atoms. The van der Waals surface area contributed by atoms with E-state index in [2.05, 4.69) is 17.0 Å². The van der Waals surface area contributed by atoms with Crippen molar-refractivity contribution in [3.05, 3.63) is 63.4 Å². The number of aromatic hydroxyl groups is 1. The zero-order valence-electron chi connectivity index (χ0n) is 19.7. The van der Waals surface area contributed by atoms with E-state index in [1.54, 1.807) is 19.1 Å². The van der Waals surface area contributed by atoms with Gasteiger partial charge in [0.25, 0.3) is 0 Å². The minimum absolute atomic E-state index is 0.175. The van der Waals surface area contributed by atoms with Gasteiger partial charge in [-0.1, -0.05) is 50.5 Å². The standard InChI is InChI=1S/C25H35NO6/c1-6-7-8-11-17(2)13-14-19(4)23(28)22-20(27)16-21(32-24(22)29)18(3)12-9-10-15-26-25(30)31-5/h10,13-16,18,27H,6-9,11-12H2,1-5H3,(H,26,30)/b15-10+,17-13-,19-14+/t18-/m1/s1. The number of Topliss-reactive ketones (excluding diaryl/α,β-unsaturated/α-hetero) is 1. The van der Waals surface area contributed by atoms with E-state index in [9.17, 15) is 19.5 Å². The molecule has 176 valence electrons. The van der Waals surface area contributed by atoms with Crippen LogP contribution >= 0.6 is 0 Å². The lowest BCUT2D eigenvalue weighted by Crippen LogP contribution is -2.16. The summed E-state index contributed by atoms with van der Waals surface area (Å²) in [5.74, 6) is -0.810. The molecule has 0 bridgehead atoms. The fourth-order valence-corrected chi connectivity index (χ4v) is 2.99. The Hall–Kier alpha value is -3.09. The zero-order valence-corrected chi connectivity index (χ0v) is 19.7. The number of carbonyl (C=O) groups is 2. The lowest BCUT2D eigenvalue weighted by Gasteiger charge is -2.11. The van der Waals surface area contributed by atoms with Crippen molar-refractivity contribution >= 4 is 11.9 Å². The minimum Gasteiger partial charge on any atom is -0.507 e. The first kappa shape index (κ1) is 26.9. The maximum atomic E-state index is 12.7. The number of ketones is 1. The van der Waals surface area contributed by atoms with Crippen molar-refractivity contribution < 1.29 is 23.8 Å². The summed E-state index contributed by atoms with van der Waals surface area (Å²) in [6.07, 6.45) is 11.8. The molecule has 0 aromatic carbocycles.